The largest absolute Gasteiger partial charge is 0.388 e. The Hall–Kier alpha value is -1.35. The van der Waals surface area contributed by atoms with Crippen LogP contribution in [0.25, 0.3) is 0 Å². The molecule has 1 aromatic carbocycles. The van der Waals surface area contributed by atoms with Crippen molar-refractivity contribution in [1.82, 2.24) is 0 Å². The first-order valence-electron chi connectivity index (χ1n) is 5.73. The molecule has 1 aromatic rings. The van der Waals surface area contributed by atoms with Crippen LogP contribution in [-0.2, 0) is 4.79 Å². The second-order valence-electron chi connectivity index (χ2n) is 4.22. The van der Waals surface area contributed by atoms with Gasteiger partial charge in [-0.2, -0.15) is 0 Å². The van der Waals surface area contributed by atoms with E-state index in [1.807, 2.05) is 32.0 Å². The maximum atomic E-state index is 11.8. The Balaban J connectivity index is 2.50. The van der Waals surface area contributed by atoms with Crippen LogP contribution in [0.5, 0.6) is 0 Å². The van der Waals surface area contributed by atoms with Crippen LogP contribution in [0, 0.1) is 6.92 Å². The third kappa shape index (κ3) is 1.71. The number of benzene rings is 1. The molecule has 0 radical (unpaired) electrons. The minimum Gasteiger partial charge on any atom is -0.388 e. The predicted octanol–water partition coefficient (Wildman–Crippen LogP) is 2.18. The van der Waals surface area contributed by atoms with Crippen LogP contribution < -0.4 is 4.90 Å². The van der Waals surface area contributed by atoms with Crippen molar-refractivity contribution in [3.8, 4) is 0 Å². The summed E-state index contributed by atoms with van der Waals surface area (Å²) in [7, 11) is 0. The van der Waals surface area contributed by atoms with Gasteiger partial charge in [-0.3, -0.25) is 4.79 Å². The summed E-state index contributed by atoms with van der Waals surface area (Å²) in [5.74, 6) is 0.127. The Labute approximate surface area is 95.7 Å². The van der Waals surface area contributed by atoms with Gasteiger partial charge in [0.25, 0.3) is 0 Å². The van der Waals surface area contributed by atoms with Gasteiger partial charge in [0, 0.05) is 18.5 Å². The Morgan fingerprint density at radius 1 is 1.56 bits per heavy atom. The van der Waals surface area contributed by atoms with Gasteiger partial charge in [0.15, 0.2) is 0 Å². The number of para-hydroxylation sites is 1. The fourth-order valence-electron chi connectivity index (χ4n) is 2.28. The number of anilines is 1. The van der Waals surface area contributed by atoms with Crippen molar-refractivity contribution in [2.24, 2.45) is 0 Å². The lowest BCUT2D eigenvalue weighted by molar-refractivity contribution is -0.118. The molecule has 0 fully saturated rings. The Bertz CT molecular complexity index is 414. The van der Waals surface area contributed by atoms with Crippen LogP contribution in [0.1, 0.15) is 37.0 Å². The minimum atomic E-state index is -0.434. The van der Waals surface area contributed by atoms with Gasteiger partial charge in [-0.25, -0.2) is 0 Å². The quantitative estimate of drug-likeness (QED) is 0.786. The number of aryl methyl sites for hydroxylation is 1. The molecule has 86 valence electrons. The highest BCUT2D eigenvalue weighted by Crippen LogP contribution is 2.36. The Morgan fingerprint density at radius 2 is 2.31 bits per heavy atom. The molecule has 1 N–H and O–H groups in total. The zero-order chi connectivity index (χ0) is 11.7. The van der Waals surface area contributed by atoms with Gasteiger partial charge < -0.3 is 10.0 Å². The van der Waals surface area contributed by atoms with Crippen molar-refractivity contribution in [2.45, 2.75) is 32.8 Å². The summed E-state index contributed by atoms with van der Waals surface area (Å²) in [5, 5.41) is 9.92. The van der Waals surface area contributed by atoms with Crippen molar-refractivity contribution in [1.29, 1.82) is 0 Å². The number of rotatable bonds is 1. The first-order valence-corrected chi connectivity index (χ1v) is 5.73. The molecular formula is C13H17NO2. The molecule has 3 heteroatoms. The van der Waals surface area contributed by atoms with Crippen LogP contribution in [0.2, 0.25) is 0 Å². The molecule has 1 atom stereocenters. The van der Waals surface area contributed by atoms with Crippen molar-refractivity contribution >= 4 is 11.6 Å². The number of fused-ring (bicyclic) bond motifs is 1. The second kappa shape index (κ2) is 4.26. The average molecular weight is 219 g/mol. The molecule has 0 saturated carbocycles. The summed E-state index contributed by atoms with van der Waals surface area (Å²) in [5.41, 5.74) is 2.85. The number of hydrogen-bond acceptors (Lipinski definition) is 2. The predicted molar refractivity (Wildman–Crippen MR) is 63.4 cm³/mol. The maximum Gasteiger partial charge on any atom is 0.226 e. The second-order valence-corrected chi connectivity index (χ2v) is 4.22. The van der Waals surface area contributed by atoms with Crippen LogP contribution in [-0.4, -0.2) is 17.6 Å². The molecule has 1 aliphatic rings. The van der Waals surface area contributed by atoms with Gasteiger partial charge in [-0.1, -0.05) is 25.1 Å². The molecule has 0 bridgehead atoms. The lowest BCUT2D eigenvalue weighted by atomic mass is 9.95. The number of aliphatic hydroxyl groups is 1. The van der Waals surface area contributed by atoms with E-state index in [1.54, 1.807) is 4.90 Å². The first kappa shape index (κ1) is 11.1. The van der Waals surface area contributed by atoms with Gasteiger partial charge in [-0.05, 0) is 18.9 Å². The zero-order valence-electron chi connectivity index (χ0n) is 9.73. The van der Waals surface area contributed by atoms with E-state index in [4.69, 9.17) is 0 Å². The summed E-state index contributed by atoms with van der Waals surface area (Å²) in [4.78, 5) is 13.6. The molecular weight excluding hydrogens is 202 g/mol. The van der Waals surface area contributed by atoms with Crippen molar-refractivity contribution in [3.05, 3.63) is 29.3 Å². The lowest BCUT2D eigenvalue weighted by Crippen LogP contribution is -2.36. The molecule has 1 heterocycles. The molecule has 1 unspecified atom stereocenters. The topological polar surface area (TPSA) is 40.5 Å². The van der Waals surface area contributed by atoms with Crippen LogP contribution in [0.3, 0.4) is 0 Å². The normalized spacial score (nSPS) is 19.4. The van der Waals surface area contributed by atoms with Crippen LogP contribution >= 0.6 is 0 Å². The van der Waals surface area contributed by atoms with Crippen LogP contribution in [0.15, 0.2) is 18.2 Å². The van der Waals surface area contributed by atoms with Gasteiger partial charge >= 0.3 is 0 Å². The Morgan fingerprint density at radius 3 is 3.00 bits per heavy atom. The summed E-state index contributed by atoms with van der Waals surface area (Å²) >= 11 is 0. The summed E-state index contributed by atoms with van der Waals surface area (Å²) in [6, 6.07) is 5.81. The minimum absolute atomic E-state index is 0.127. The SMILES string of the molecule is CCC(=O)N1CCC(O)c2cccc(C)c21. The highest BCUT2D eigenvalue weighted by molar-refractivity contribution is 5.95. The number of carbonyl (C=O) groups excluding carboxylic acids is 1. The van der Waals surface area contributed by atoms with E-state index in [1.165, 1.54) is 0 Å². The number of amides is 1. The van der Waals surface area contributed by atoms with Crippen molar-refractivity contribution in [2.75, 3.05) is 11.4 Å². The molecule has 1 amide bonds. The molecule has 0 spiro atoms. The number of nitrogens with zero attached hydrogens (tertiary/aromatic N) is 1. The van der Waals surface area contributed by atoms with E-state index in [9.17, 15) is 9.90 Å². The van der Waals surface area contributed by atoms with E-state index >= 15 is 0 Å². The highest BCUT2D eigenvalue weighted by atomic mass is 16.3. The van der Waals surface area contributed by atoms with E-state index in [-0.39, 0.29) is 5.91 Å². The first-order chi connectivity index (χ1) is 7.65. The molecule has 2 rings (SSSR count). The summed E-state index contributed by atoms with van der Waals surface area (Å²) in [6.07, 6.45) is 0.697. The molecule has 0 saturated heterocycles. The maximum absolute atomic E-state index is 11.8. The van der Waals surface area contributed by atoms with Crippen LogP contribution in [0.4, 0.5) is 5.69 Å². The van der Waals surface area contributed by atoms with Crippen molar-refractivity contribution < 1.29 is 9.90 Å². The van der Waals surface area contributed by atoms with E-state index in [2.05, 4.69) is 0 Å². The average Bonchev–Trinajstić information content (AvgIpc) is 2.30. The fourth-order valence-corrected chi connectivity index (χ4v) is 2.28. The number of hydrogen-bond donors (Lipinski definition) is 1. The fraction of sp³-hybridized carbons (Fsp3) is 0.462. The summed E-state index contributed by atoms with van der Waals surface area (Å²) < 4.78 is 0. The molecule has 16 heavy (non-hydrogen) atoms. The van der Waals surface area contributed by atoms with Gasteiger partial charge in [-0.15, -0.1) is 0 Å². The number of carbonyl (C=O) groups is 1. The van der Waals surface area contributed by atoms with Crippen molar-refractivity contribution in [3.63, 3.8) is 0 Å². The molecule has 3 nitrogen and oxygen atoms in total. The zero-order valence-corrected chi connectivity index (χ0v) is 9.73. The molecule has 0 aliphatic carbocycles. The third-order valence-electron chi connectivity index (χ3n) is 3.13. The monoisotopic (exact) mass is 219 g/mol. The van der Waals surface area contributed by atoms with Gasteiger partial charge in [0.1, 0.15) is 0 Å². The standard InChI is InChI=1S/C13H17NO2/c1-3-12(16)14-8-7-11(15)10-6-4-5-9(2)13(10)14/h4-6,11,15H,3,7-8H2,1-2H3. The lowest BCUT2D eigenvalue weighted by Gasteiger charge is -2.33. The summed E-state index contributed by atoms with van der Waals surface area (Å²) in [6.45, 7) is 4.46. The number of aliphatic hydroxyl groups excluding tert-OH is 1. The van der Waals surface area contributed by atoms with Gasteiger partial charge in [0.05, 0.1) is 11.8 Å². The third-order valence-corrected chi connectivity index (χ3v) is 3.13. The van der Waals surface area contributed by atoms with Gasteiger partial charge in [0.2, 0.25) is 5.91 Å². The highest BCUT2D eigenvalue weighted by Gasteiger charge is 2.27. The van der Waals surface area contributed by atoms with E-state index < -0.39 is 6.10 Å². The molecule has 0 aromatic heterocycles. The van der Waals surface area contributed by atoms with E-state index in [0.717, 1.165) is 16.8 Å². The van der Waals surface area contributed by atoms with E-state index in [0.29, 0.717) is 19.4 Å². The smallest absolute Gasteiger partial charge is 0.226 e. The molecule has 1 aliphatic heterocycles. The Kier molecular flexibility index (Phi) is 2.97.